The molecular weight excluding hydrogens is 266 g/mol. The fourth-order valence-electron chi connectivity index (χ4n) is 2.02. The number of nitrogens with one attached hydrogen (secondary N) is 1. The summed E-state index contributed by atoms with van der Waals surface area (Å²) in [6.07, 6.45) is 1.83. The highest BCUT2D eigenvalue weighted by Gasteiger charge is 2.46. The van der Waals surface area contributed by atoms with E-state index in [0.717, 1.165) is 17.1 Å². The molecule has 2 rings (SSSR count). The van der Waals surface area contributed by atoms with Gasteiger partial charge in [-0.1, -0.05) is 0 Å². The van der Waals surface area contributed by atoms with E-state index in [4.69, 9.17) is 5.11 Å². The van der Waals surface area contributed by atoms with Crippen molar-refractivity contribution in [2.45, 2.75) is 38.3 Å². The van der Waals surface area contributed by atoms with E-state index < -0.39 is 11.5 Å². The maximum Gasteiger partial charge on any atom is 0.329 e. The molecule has 1 fully saturated rings. The number of nitrogens with zero attached hydrogens (tertiary/aromatic N) is 2. The molecule has 1 aliphatic rings. The predicted molar refractivity (Wildman–Crippen MR) is 71.1 cm³/mol. The molecule has 0 aliphatic heterocycles. The predicted octanol–water partition coefficient (Wildman–Crippen LogP) is 1.60. The lowest BCUT2D eigenvalue weighted by Crippen LogP contribution is -2.61. The monoisotopic (exact) mass is 283 g/mol. The number of amides is 2. The summed E-state index contributed by atoms with van der Waals surface area (Å²) in [5, 5.41) is 14.6. The molecule has 1 aromatic heterocycles. The van der Waals surface area contributed by atoms with Crippen LogP contribution in [0.2, 0.25) is 0 Å². The van der Waals surface area contributed by atoms with E-state index in [1.165, 1.54) is 16.2 Å². The molecule has 0 bridgehead atoms. The van der Waals surface area contributed by atoms with E-state index in [-0.39, 0.29) is 6.03 Å². The second kappa shape index (κ2) is 5.16. The van der Waals surface area contributed by atoms with E-state index in [1.807, 2.05) is 12.3 Å². The number of carboxylic acid groups (broad SMARTS) is 1. The molecule has 1 aliphatic carbocycles. The number of carbonyl (C=O) groups excluding carboxylic acids is 1. The number of rotatable bonds is 4. The summed E-state index contributed by atoms with van der Waals surface area (Å²) >= 11 is 1.53. The number of aryl methyl sites for hydroxylation is 1. The molecule has 6 nitrogen and oxygen atoms in total. The summed E-state index contributed by atoms with van der Waals surface area (Å²) in [6, 6.07) is -0.368. The van der Waals surface area contributed by atoms with Gasteiger partial charge in [0.2, 0.25) is 0 Å². The van der Waals surface area contributed by atoms with Gasteiger partial charge in [0.25, 0.3) is 0 Å². The van der Waals surface area contributed by atoms with Crippen LogP contribution in [0.1, 0.15) is 30.0 Å². The Hall–Kier alpha value is -1.63. The van der Waals surface area contributed by atoms with Gasteiger partial charge >= 0.3 is 12.0 Å². The molecule has 0 saturated heterocycles. The number of urea groups is 1. The van der Waals surface area contributed by atoms with Crippen LogP contribution in [0.3, 0.4) is 0 Å². The van der Waals surface area contributed by atoms with Crippen LogP contribution in [0, 0.1) is 6.92 Å². The van der Waals surface area contributed by atoms with Gasteiger partial charge in [-0.15, -0.1) is 11.3 Å². The van der Waals surface area contributed by atoms with Crippen molar-refractivity contribution >= 4 is 23.3 Å². The highest BCUT2D eigenvalue weighted by Crippen LogP contribution is 2.32. The summed E-state index contributed by atoms with van der Waals surface area (Å²) in [6.45, 7) is 2.29. The van der Waals surface area contributed by atoms with Crippen molar-refractivity contribution in [2.75, 3.05) is 7.05 Å². The van der Waals surface area contributed by atoms with Crippen LogP contribution in [0.5, 0.6) is 0 Å². The average Bonchev–Trinajstić information content (AvgIpc) is 2.68. The Kier molecular flexibility index (Phi) is 3.75. The third kappa shape index (κ3) is 2.86. The van der Waals surface area contributed by atoms with Gasteiger partial charge in [-0.3, -0.25) is 0 Å². The van der Waals surface area contributed by atoms with E-state index >= 15 is 0 Å². The van der Waals surface area contributed by atoms with Crippen LogP contribution >= 0.6 is 11.3 Å². The van der Waals surface area contributed by atoms with Crippen molar-refractivity contribution in [1.29, 1.82) is 0 Å². The molecule has 0 unspecified atom stereocenters. The van der Waals surface area contributed by atoms with Gasteiger partial charge in [0.15, 0.2) is 0 Å². The normalized spacial score (nSPS) is 16.5. The van der Waals surface area contributed by atoms with Crippen LogP contribution < -0.4 is 5.32 Å². The fourth-order valence-corrected chi connectivity index (χ4v) is 2.62. The first-order valence-electron chi connectivity index (χ1n) is 6.11. The van der Waals surface area contributed by atoms with Crippen LogP contribution in [-0.2, 0) is 11.3 Å². The number of hydrogen-bond donors (Lipinski definition) is 2. The van der Waals surface area contributed by atoms with Crippen molar-refractivity contribution < 1.29 is 14.7 Å². The molecule has 1 saturated carbocycles. The third-order valence-electron chi connectivity index (χ3n) is 3.38. The summed E-state index contributed by atoms with van der Waals surface area (Å²) < 4.78 is 0. The van der Waals surface area contributed by atoms with Crippen molar-refractivity contribution in [1.82, 2.24) is 15.2 Å². The minimum absolute atomic E-state index is 0.368. The molecule has 104 valence electrons. The second-order valence-electron chi connectivity index (χ2n) is 4.88. The average molecular weight is 283 g/mol. The zero-order valence-electron chi connectivity index (χ0n) is 11.0. The van der Waals surface area contributed by atoms with Crippen molar-refractivity contribution in [2.24, 2.45) is 0 Å². The van der Waals surface area contributed by atoms with Crippen LogP contribution in [0.25, 0.3) is 0 Å². The van der Waals surface area contributed by atoms with Gasteiger partial charge in [-0.2, -0.15) is 0 Å². The molecule has 0 atom stereocenters. The number of thiazole rings is 1. The summed E-state index contributed by atoms with van der Waals surface area (Å²) in [5.74, 6) is -0.954. The number of carbonyl (C=O) groups is 2. The maximum absolute atomic E-state index is 12.0. The van der Waals surface area contributed by atoms with Crippen LogP contribution in [-0.4, -0.2) is 39.6 Å². The highest BCUT2D eigenvalue weighted by molar-refractivity contribution is 7.09. The van der Waals surface area contributed by atoms with E-state index in [9.17, 15) is 9.59 Å². The number of hydrogen-bond acceptors (Lipinski definition) is 4. The molecule has 2 amide bonds. The van der Waals surface area contributed by atoms with Gasteiger partial charge in [0, 0.05) is 12.4 Å². The Morgan fingerprint density at radius 1 is 1.58 bits per heavy atom. The molecule has 0 spiro atoms. The lowest BCUT2D eigenvalue weighted by atomic mass is 9.77. The fraction of sp³-hybridized carbons (Fsp3) is 0.583. The van der Waals surface area contributed by atoms with E-state index in [1.54, 1.807) is 7.05 Å². The van der Waals surface area contributed by atoms with Gasteiger partial charge in [-0.05, 0) is 26.2 Å². The largest absolute Gasteiger partial charge is 0.480 e. The molecule has 7 heteroatoms. The Morgan fingerprint density at radius 2 is 2.26 bits per heavy atom. The first-order valence-corrected chi connectivity index (χ1v) is 6.98. The topological polar surface area (TPSA) is 82.5 Å². The third-order valence-corrected chi connectivity index (χ3v) is 4.20. The van der Waals surface area contributed by atoms with Gasteiger partial charge in [0.05, 0.1) is 17.2 Å². The Morgan fingerprint density at radius 3 is 2.68 bits per heavy atom. The number of carboxylic acids is 1. The summed E-state index contributed by atoms with van der Waals surface area (Å²) in [4.78, 5) is 28.9. The highest BCUT2D eigenvalue weighted by atomic mass is 32.1. The SMILES string of the molecule is Cc1nc(CN(C)C(=O)NC2(C(=O)O)CCC2)cs1. The smallest absolute Gasteiger partial charge is 0.329 e. The summed E-state index contributed by atoms with van der Waals surface area (Å²) in [5.41, 5.74) is -0.248. The Bertz CT molecular complexity index is 496. The van der Waals surface area contributed by atoms with Gasteiger partial charge in [-0.25, -0.2) is 14.6 Å². The minimum Gasteiger partial charge on any atom is -0.480 e. The lowest BCUT2D eigenvalue weighted by molar-refractivity contribution is -0.148. The molecule has 1 aromatic rings. The first-order chi connectivity index (χ1) is 8.93. The molecule has 0 aromatic carbocycles. The van der Waals surface area contributed by atoms with Crippen LogP contribution in [0.4, 0.5) is 4.79 Å². The lowest BCUT2D eigenvalue weighted by Gasteiger charge is -2.39. The van der Waals surface area contributed by atoms with E-state index in [0.29, 0.717) is 19.4 Å². The molecule has 2 N–H and O–H groups in total. The Balaban J connectivity index is 1.94. The van der Waals surface area contributed by atoms with Gasteiger partial charge < -0.3 is 15.3 Å². The summed E-state index contributed by atoms with van der Waals surface area (Å²) in [7, 11) is 1.64. The zero-order valence-corrected chi connectivity index (χ0v) is 11.8. The first kappa shape index (κ1) is 13.8. The standard InChI is InChI=1S/C12H17N3O3S/c1-8-13-9(7-19-8)6-15(2)11(18)14-12(10(16)17)4-3-5-12/h7H,3-6H2,1-2H3,(H,14,18)(H,16,17). The second-order valence-corrected chi connectivity index (χ2v) is 5.95. The minimum atomic E-state index is -1.07. The quantitative estimate of drug-likeness (QED) is 0.879. The van der Waals surface area contributed by atoms with Crippen LogP contribution in [0.15, 0.2) is 5.38 Å². The number of aromatic nitrogens is 1. The maximum atomic E-state index is 12.0. The molecule has 19 heavy (non-hydrogen) atoms. The number of aliphatic carboxylic acids is 1. The van der Waals surface area contributed by atoms with Crippen molar-refractivity contribution in [3.8, 4) is 0 Å². The van der Waals surface area contributed by atoms with Gasteiger partial charge in [0.1, 0.15) is 5.54 Å². The zero-order chi connectivity index (χ0) is 14.0. The Labute approximate surface area is 115 Å². The molecular formula is C12H17N3O3S. The molecule has 0 radical (unpaired) electrons. The molecule has 1 heterocycles. The van der Waals surface area contributed by atoms with E-state index in [2.05, 4.69) is 10.3 Å². The van der Waals surface area contributed by atoms with Crippen molar-refractivity contribution in [3.63, 3.8) is 0 Å². The van der Waals surface area contributed by atoms with Crippen molar-refractivity contribution in [3.05, 3.63) is 16.1 Å².